The average molecular weight is 262 g/mol. The molecule has 3 rings (SSSR count). The summed E-state index contributed by atoms with van der Waals surface area (Å²) in [5, 5.41) is 0. The van der Waals surface area contributed by atoms with Crippen molar-refractivity contribution in [2.45, 2.75) is 45.2 Å². The second kappa shape index (κ2) is 4.83. The molecule has 0 spiro atoms. The van der Waals surface area contributed by atoms with Crippen LogP contribution in [0.4, 0.5) is 11.4 Å². The van der Waals surface area contributed by atoms with Gasteiger partial charge >= 0.3 is 0 Å². The number of ether oxygens (including phenoxy) is 2. The standard InChI is InChI=1S/C15H22N2O2/c1-3-11-5-4-10(2)17(11)13-9-15-14(8-12(13)16)18-6-7-19-15/h8-11H,3-7,16H2,1-2H3. The van der Waals surface area contributed by atoms with Crippen LogP contribution in [-0.2, 0) is 0 Å². The zero-order chi connectivity index (χ0) is 13.4. The fourth-order valence-electron chi connectivity index (χ4n) is 3.22. The number of hydrogen-bond acceptors (Lipinski definition) is 4. The molecule has 2 atom stereocenters. The van der Waals surface area contributed by atoms with Gasteiger partial charge in [-0.25, -0.2) is 0 Å². The highest BCUT2D eigenvalue weighted by Gasteiger charge is 2.31. The average Bonchev–Trinajstić information content (AvgIpc) is 2.79. The van der Waals surface area contributed by atoms with Crippen LogP contribution in [0.2, 0.25) is 0 Å². The van der Waals surface area contributed by atoms with Crippen molar-refractivity contribution < 1.29 is 9.47 Å². The van der Waals surface area contributed by atoms with Crippen LogP contribution >= 0.6 is 0 Å². The molecule has 2 aliphatic heterocycles. The summed E-state index contributed by atoms with van der Waals surface area (Å²) in [7, 11) is 0. The van der Waals surface area contributed by atoms with E-state index in [4.69, 9.17) is 15.2 Å². The Bertz CT molecular complexity index is 475. The molecular weight excluding hydrogens is 240 g/mol. The molecule has 2 heterocycles. The van der Waals surface area contributed by atoms with E-state index in [-0.39, 0.29) is 0 Å². The SMILES string of the molecule is CCC1CCC(C)N1c1cc2c(cc1N)OCCO2. The summed E-state index contributed by atoms with van der Waals surface area (Å²) in [6.45, 7) is 5.72. The van der Waals surface area contributed by atoms with Crippen LogP contribution in [0.15, 0.2) is 12.1 Å². The highest BCUT2D eigenvalue weighted by molar-refractivity contribution is 5.74. The van der Waals surface area contributed by atoms with Gasteiger partial charge in [0.05, 0.1) is 11.4 Å². The summed E-state index contributed by atoms with van der Waals surface area (Å²) >= 11 is 0. The van der Waals surface area contributed by atoms with Gasteiger partial charge in [-0.05, 0) is 26.2 Å². The highest BCUT2D eigenvalue weighted by Crippen LogP contribution is 2.42. The molecule has 2 unspecified atom stereocenters. The lowest BCUT2D eigenvalue weighted by atomic mass is 10.1. The molecule has 1 aromatic carbocycles. The van der Waals surface area contributed by atoms with Crippen molar-refractivity contribution >= 4 is 11.4 Å². The number of rotatable bonds is 2. The maximum Gasteiger partial charge on any atom is 0.163 e. The van der Waals surface area contributed by atoms with Crippen LogP contribution in [0.25, 0.3) is 0 Å². The first-order valence-electron chi connectivity index (χ1n) is 7.18. The molecule has 0 aromatic heterocycles. The third-order valence-electron chi connectivity index (χ3n) is 4.23. The van der Waals surface area contributed by atoms with Crippen LogP contribution < -0.4 is 20.1 Å². The van der Waals surface area contributed by atoms with Gasteiger partial charge in [-0.3, -0.25) is 0 Å². The third-order valence-corrected chi connectivity index (χ3v) is 4.23. The van der Waals surface area contributed by atoms with Crippen molar-refractivity contribution in [3.63, 3.8) is 0 Å². The summed E-state index contributed by atoms with van der Waals surface area (Å²) in [6, 6.07) is 5.07. The van der Waals surface area contributed by atoms with E-state index in [9.17, 15) is 0 Å². The molecule has 0 bridgehead atoms. The number of nitrogen functional groups attached to an aromatic ring is 1. The van der Waals surface area contributed by atoms with Crippen molar-refractivity contribution in [3.8, 4) is 11.5 Å². The topological polar surface area (TPSA) is 47.7 Å². The molecule has 19 heavy (non-hydrogen) atoms. The van der Waals surface area contributed by atoms with Gasteiger partial charge in [0, 0.05) is 24.2 Å². The number of anilines is 2. The minimum Gasteiger partial charge on any atom is -0.486 e. The Morgan fingerprint density at radius 3 is 2.58 bits per heavy atom. The van der Waals surface area contributed by atoms with E-state index in [1.807, 2.05) is 12.1 Å². The Labute approximate surface area is 114 Å². The summed E-state index contributed by atoms with van der Waals surface area (Å²) in [6.07, 6.45) is 3.62. The molecule has 2 N–H and O–H groups in total. The van der Waals surface area contributed by atoms with E-state index in [0.717, 1.165) is 29.3 Å². The van der Waals surface area contributed by atoms with E-state index in [1.165, 1.54) is 12.8 Å². The molecule has 1 fully saturated rings. The lowest BCUT2D eigenvalue weighted by molar-refractivity contribution is 0.172. The molecule has 1 aromatic rings. The van der Waals surface area contributed by atoms with Gasteiger partial charge in [-0.15, -0.1) is 0 Å². The van der Waals surface area contributed by atoms with E-state index >= 15 is 0 Å². The Kier molecular flexibility index (Phi) is 3.17. The third kappa shape index (κ3) is 2.09. The van der Waals surface area contributed by atoms with Crippen LogP contribution in [0, 0.1) is 0 Å². The van der Waals surface area contributed by atoms with Crippen molar-refractivity contribution in [3.05, 3.63) is 12.1 Å². The number of hydrogen-bond donors (Lipinski definition) is 1. The maximum atomic E-state index is 6.23. The minimum atomic E-state index is 0.537. The van der Waals surface area contributed by atoms with E-state index in [1.54, 1.807) is 0 Å². The quantitative estimate of drug-likeness (QED) is 0.833. The van der Waals surface area contributed by atoms with Crippen molar-refractivity contribution in [1.29, 1.82) is 0 Å². The van der Waals surface area contributed by atoms with Crippen LogP contribution in [0.3, 0.4) is 0 Å². The predicted molar refractivity (Wildman–Crippen MR) is 77.1 cm³/mol. The zero-order valence-electron chi connectivity index (χ0n) is 11.7. The molecule has 0 saturated carbocycles. The zero-order valence-corrected chi connectivity index (χ0v) is 11.7. The number of fused-ring (bicyclic) bond motifs is 1. The van der Waals surface area contributed by atoms with Crippen molar-refractivity contribution in [2.24, 2.45) is 0 Å². The van der Waals surface area contributed by atoms with Gasteiger partial charge in [-0.1, -0.05) is 6.92 Å². The first-order valence-corrected chi connectivity index (χ1v) is 7.18. The van der Waals surface area contributed by atoms with Gasteiger partial charge in [0.2, 0.25) is 0 Å². The van der Waals surface area contributed by atoms with Gasteiger partial charge < -0.3 is 20.1 Å². The normalized spacial score (nSPS) is 25.7. The minimum absolute atomic E-state index is 0.537. The van der Waals surface area contributed by atoms with Gasteiger partial charge in [0.1, 0.15) is 13.2 Å². The maximum absolute atomic E-state index is 6.23. The summed E-state index contributed by atoms with van der Waals surface area (Å²) in [5.74, 6) is 1.59. The number of nitrogens with two attached hydrogens (primary N) is 1. The summed E-state index contributed by atoms with van der Waals surface area (Å²) < 4.78 is 11.3. The lowest BCUT2D eigenvalue weighted by Gasteiger charge is -2.32. The van der Waals surface area contributed by atoms with Gasteiger partial charge in [0.15, 0.2) is 11.5 Å². The molecule has 0 amide bonds. The van der Waals surface area contributed by atoms with E-state index in [2.05, 4.69) is 18.7 Å². The molecule has 4 heteroatoms. The molecule has 104 valence electrons. The second-order valence-corrected chi connectivity index (χ2v) is 5.45. The van der Waals surface area contributed by atoms with Gasteiger partial charge in [-0.2, -0.15) is 0 Å². The van der Waals surface area contributed by atoms with E-state index < -0.39 is 0 Å². The largest absolute Gasteiger partial charge is 0.486 e. The van der Waals surface area contributed by atoms with Crippen LogP contribution in [0.5, 0.6) is 11.5 Å². The summed E-state index contributed by atoms with van der Waals surface area (Å²) in [4.78, 5) is 2.45. The molecule has 2 aliphatic rings. The van der Waals surface area contributed by atoms with Crippen LogP contribution in [0.1, 0.15) is 33.1 Å². The Morgan fingerprint density at radius 2 is 1.89 bits per heavy atom. The summed E-state index contributed by atoms with van der Waals surface area (Å²) in [5.41, 5.74) is 8.11. The Morgan fingerprint density at radius 1 is 1.21 bits per heavy atom. The first kappa shape index (κ1) is 12.5. The van der Waals surface area contributed by atoms with Gasteiger partial charge in [0.25, 0.3) is 0 Å². The smallest absolute Gasteiger partial charge is 0.163 e. The molecule has 0 aliphatic carbocycles. The van der Waals surface area contributed by atoms with Crippen molar-refractivity contribution in [1.82, 2.24) is 0 Å². The van der Waals surface area contributed by atoms with Crippen LogP contribution in [-0.4, -0.2) is 25.3 Å². The lowest BCUT2D eigenvalue weighted by Crippen LogP contribution is -2.34. The van der Waals surface area contributed by atoms with Crippen molar-refractivity contribution in [2.75, 3.05) is 23.8 Å². The molecule has 0 radical (unpaired) electrons. The molecular formula is C15H22N2O2. The number of benzene rings is 1. The monoisotopic (exact) mass is 262 g/mol. The highest BCUT2D eigenvalue weighted by atomic mass is 16.6. The number of nitrogens with zero attached hydrogens (tertiary/aromatic N) is 1. The predicted octanol–water partition coefficient (Wildman–Crippen LogP) is 2.81. The second-order valence-electron chi connectivity index (χ2n) is 5.45. The molecule has 1 saturated heterocycles. The first-order chi connectivity index (χ1) is 9.20. The van der Waals surface area contributed by atoms with E-state index in [0.29, 0.717) is 25.3 Å². The Balaban J connectivity index is 1.99. The fraction of sp³-hybridized carbons (Fsp3) is 0.600. The Hall–Kier alpha value is -1.58. The fourth-order valence-corrected chi connectivity index (χ4v) is 3.22. The molecule has 4 nitrogen and oxygen atoms in total.